The van der Waals surface area contributed by atoms with Gasteiger partial charge in [0.25, 0.3) is 5.56 Å². The Balaban J connectivity index is 1.26. The van der Waals surface area contributed by atoms with Crippen LogP contribution in [0.4, 0.5) is 5.69 Å². The lowest BCUT2D eigenvalue weighted by molar-refractivity contribution is 0.0595. The molecule has 36 heavy (non-hydrogen) atoms. The third-order valence-electron chi connectivity index (χ3n) is 6.88. The minimum atomic E-state index is -3.73. The molecule has 0 unspecified atom stereocenters. The number of piperidine rings is 1. The molecule has 0 saturated carbocycles. The van der Waals surface area contributed by atoms with Gasteiger partial charge in [0.1, 0.15) is 5.02 Å². The number of halogens is 1. The van der Waals surface area contributed by atoms with Gasteiger partial charge in [0.05, 0.1) is 29.4 Å². The standard InChI is InChI=1S/C24H28ClN5O5S/c25-23-21(26-13-16-2-1-11-35-15-16)14-27-30(24(23)32)18-7-9-29(10-8-18)36(33,34)19-4-5-20-17(12-19)3-6-22(31)28-20/h3-6,12,14,16,18,26H,1-2,7-11,13,15H2,(H,28,31)/t16-/m1/s1. The first kappa shape index (κ1) is 24.9. The van der Waals surface area contributed by atoms with E-state index in [4.69, 9.17) is 16.3 Å². The summed E-state index contributed by atoms with van der Waals surface area (Å²) >= 11 is 6.38. The molecule has 0 amide bonds. The van der Waals surface area contributed by atoms with Crippen LogP contribution < -0.4 is 16.4 Å². The van der Waals surface area contributed by atoms with E-state index in [1.165, 1.54) is 21.1 Å². The van der Waals surface area contributed by atoms with Crippen LogP contribution >= 0.6 is 11.6 Å². The maximum Gasteiger partial charge on any atom is 0.287 e. The Labute approximate surface area is 213 Å². The number of hydrogen-bond donors (Lipinski definition) is 2. The number of fused-ring (bicyclic) bond motifs is 1. The molecule has 2 N–H and O–H groups in total. The van der Waals surface area contributed by atoms with Gasteiger partial charge in [-0.25, -0.2) is 13.1 Å². The van der Waals surface area contributed by atoms with Crippen molar-refractivity contribution < 1.29 is 13.2 Å². The molecule has 4 heterocycles. The average molecular weight is 534 g/mol. The minimum Gasteiger partial charge on any atom is -0.382 e. The molecule has 3 aromatic rings. The van der Waals surface area contributed by atoms with Crippen LogP contribution in [0.5, 0.6) is 0 Å². The first-order chi connectivity index (χ1) is 17.3. The molecule has 0 bridgehead atoms. The summed E-state index contributed by atoms with van der Waals surface area (Å²) in [7, 11) is -3.73. The van der Waals surface area contributed by atoms with Gasteiger partial charge >= 0.3 is 0 Å². The van der Waals surface area contributed by atoms with Gasteiger partial charge in [-0.1, -0.05) is 11.6 Å². The molecule has 2 aliphatic heterocycles. The number of aromatic nitrogens is 3. The molecule has 2 saturated heterocycles. The van der Waals surface area contributed by atoms with Crippen LogP contribution in [0.3, 0.4) is 0 Å². The lowest BCUT2D eigenvalue weighted by atomic mass is 10.0. The second kappa shape index (κ2) is 10.3. The highest BCUT2D eigenvalue weighted by atomic mass is 35.5. The summed E-state index contributed by atoms with van der Waals surface area (Å²) in [6.07, 6.45) is 4.53. The van der Waals surface area contributed by atoms with E-state index in [1.807, 2.05) is 0 Å². The Bertz CT molecular complexity index is 1470. The Morgan fingerprint density at radius 2 is 1.94 bits per heavy atom. The summed E-state index contributed by atoms with van der Waals surface area (Å²) in [5.41, 5.74) is 0.451. The average Bonchev–Trinajstić information content (AvgIpc) is 2.90. The minimum absolute atomic E-state index is 0.0889. The van der Waals surface area contributed by atoms with E-state index in [0.717, 1.165) is 19.4 Å². The Hall–Kier alpha value is -2.73. The first-order valence-electron chi connectivity index (χ1n) is 12.0. The zero-order valence-electron chi connectivity index (χ0n) is 19.7. The van der Waals surface area contributed by atoms with Crippen molar-refractivity contribution in [1.82, 2.24) is 19.1 Å². The number of sulfonamides is 1. The molecule has 5 rings (SSSR count). The van der Waals surface area contributed by atoms with Crippen molar-refractivity contribution in [3.05, 3.63) is 62.3 Å². The monoisotopic (exact) mass is 533 g/mol. The summed E-state index contributed by atoms with van der Waals surface area (Å²) in [6.45, 7) is 2.65. The van der Waals surface area contributed by atoms with Crippen molar-refractivity contribution in [2.24, 2.45) is 5.92 Å². The van der Waals surface area contributed by atoms with Crippen molar-refractivity contribution in [1.29, 1.82) is 0 Å². The van der Waals surface area contributed by atoms with Crippen molar-refractivity contribution in [3.8, 4) is 0 Å². The highest BCUT2D eigenvalue weighted by Gasteiger charge is 2.31. The lowest BCUT2D eigenvalue weighted by Crippen LogP contribution is -2.41. The van der Waals surface area contributed by atoms with Crippen LogP contribution in [0.2, 0.25) is 5.02 Å². The number of rotatable bonds is 6. The fourth-order valence-electron chi connectivity index (χ4n) is 4.82. The van der Waals surface area contributed by atoms with Crippen molar-refractivity contribution >= 4 is 38.2 Å². The van der Waals surface area contributed by atoms with E-state index in [9.17, 15) is 18.0 Å². The summed E-state index contributed by atoms with van der Waals surface area (Å²) in [4.78, 5) is 27.3. The molecular weight excluding hydrogens is 506 g/mol. The Morgan fingerprint density at radius 3 is 2.69 bits per heavy atom. The van der Waals surface area contributed by atoms with E-state index in [1.54, 1.807) is 24.4 Å². The number of nitrogens with zero attached hydrogens (tertiary/aromatic N) is 3. The van der Waals surface area contributed by atoms with Crippen molar-refractivity contribution in [2.45, 2.75) is 36.6 Å². The smallest absolute Gasteiger partial charge is 0.287 e. The number of nitrogens with one attached hydrogen (secondary N) is 2. The predicted octanol–water partition coefficient (Wildman–Crippen LogP) is 2.60. The summed E-state index contributed by atoms with van der Waals surface area (Å²) in [5, 5.41) is 8.29. The van der Waals surface area contributed by atoms with E-state index in [2.05, 4.69) is 15.4 Å². The van der Waals surface area contributed by atoms with Gasteiger partial charge < -0.3 is 15.0 Å². The number of anilines is 1. The highest BCUT2D eigenvalue weighted by molar-refractivity contribution is 7.89. The third-order valence-corrected chi connectivity index (χ3v) is 9.14. The molecule has 0 aliphatic carbocycles. The Morgan fingerprint density at radius 1 is 1.14 bits per heavy atom. The first-order valence-corrected chi connectivity index (χ1v) is 13.9. The maximum atomic E-state index is 13.2. The number of ether oxygens (including phenoxy) is 1. The second-order valence-corrected chi connectivity index (χ2v) is 11.6. The van der Waals surface area contributed by atoms with Crippen LogP contribution in [0.1, 0.15) is 31.7 Å². The van der Waals surface area contributed by atoms with Crippen LogP contribution in [-0.2, 0) is 14.8 Å². The Kier molecular flexibility index (Phi) is 7.16. The number of pyridine rings is 1. The fraction of sp³-hybridized carbons (Fsp3) is 0.458. The quantitative estimate of drug-likeness (QED) is 0.498. The van der Waals surface area contributed by atoms with E-state index in [0.29, 0.717) is 48.5 Å². The van der Waals surface area contributed by atoms with Gasteiger partial charge in [-0.15, -0.1) is 0 Å². The highest BCUT2D eigenvalue weighted by Crippen LogP contribution is 2.28. The molecule has 2 aliphatic rings. The van der Waals surface area contributed by atoms with Gasteiger partial charge in [-0.3, -0.25) is 9.59 Å². The van der Waals surface area contributed by atoms with E-state index >= 15 is 0 Å². The van der Waals surface area contributed by atoms with Gasteiger partial charge in [-0.05, 0) is 61.3 Å². The van der Waals surface area contributed by atoms with Crippen LogP contribution in [0, 0.1) is 5.92 Å². The van der Waals surface area contributed by atoms with E-state index in [-0.39, 0.29) is 40.2 Å². The molecule has 1 aromatic carbocycles. The summed E-state index contributed by atoms with van der Waals surface area (Å²) < 4.78 is 34.8. The normalized spacial score (nSPS) is 20.0. The largest absolute Gasteiger partial charge is 0.382 e. The second-order valence-electron chi connectivity index (χ2n) is 9.29. The van der Waals surface area contributed by atoms with Crippen molar-refractivity contribution in [3.63, 3.8) is 0 Å². The molecule has 12 heteroatoms. The summed E-state index contributed by atoms with van der Waals surface area (Å²) in [6, 6.07) is 7.37. The van der Waals surface area contributed by atoms with Gasteiger partial charge in [0.2, 0.25) is 15.6 Å². The molecule has 0 radical (unpaired) electrons. The topological polar surface area (TPSA) is 126 Å². The molecule has 2 fully saturated rings. The van der Waals surface area contributed by atoms with E-state index < -0.39 is 10.0 Å². The third kappa shape index (κ3) is 5.06. The zero-order valence-corrected chi connectivity index (χ0v) is 21.2. The molecule has 2 aromatic heterocycles. The number of benzene rings is 1. The van der Waals surface area contributed by atoms with Gasteiger partial charge in [0.15, 0.2) is 0 Å². The molecule has 0 spiro atoms. The van der Waals surface area contributed by atoms with Crippen LogP contribution in [0.25, 0.3) is 10.9 Å². The predicted molar refractivity (Wildman–Crippen MR) is 137 cm³/mol. The SMILES string of the molecule is O=c1ccc2cc(S(=O)(=O)N3CCC(n4ncc(NC[C@H]5CCCOC5)c(Cl)c4=O)CC3)ccc2[nH]1. The lowest BCUT2D eigenvalue weighted by Gasteiger charge is -2.31. The van der Waals surface area contributed by atoms with Crippen LogP contribution in [-0.4, -0.2) is 60.3 Å². The maximum absolute atomic E-state index is 13.2. The van der Waals surface area contributed by atoms with Crippen LogP contribution in [0.15, 0.2) is 51.0 Å². The van der Waals surface area contributed by atoms with Gasteiger partial charge in [-0.2, -0.15) is 9.40 Å². The molecule has 192 valence electrons. The van der Waals surface area contributed by atoms with Gasteiger partial charge in [0, 0.05) is 37.8 Å². The molecular formula is C24H28ClN5O5S. The molecule has 1 atom stereocenters. The molecule has 10 nitrogen and oxygen atoms in total. The number of H-pyrrole nitrogens is 1. The summed E-state index contributed by atoms with van der Waals surface area (Å²) in [5.74, 6) is 0.369. The fourth-order valence-corrected chi connectivity index (χ4v) is 6.53. The zero-order chi connectivity index (χ0) is 25.3. The van der Waals surface area contributed by atoms with Crippen molar-refractivity contribution in [2.75, 3.05) is 38.2 Å². The number of hydrogen-bond acceptors (Lipinski definition) is 7. The number of aromatic amines is 1.